The van der Waals surface area contributed by atoms with Gasteiger partial charge in [-0.15, -0.1) is 6.58 Å². The van der Waals surface area contributed by atoms with Crippen LogP contribution in [0, 0.1) is 0 Å². The van der Waals surface area contributed by atoms with Crippen molar-refractivity contribution in [2.75, 3.05) is 5.32 Å². The molecule has 5 nitrogen and oxygen atoms in total. The lowest BCUT2D eigenvalue weighted by molar-refractivity contribution is -0.121. The number of hydrogen-bond donors (Lipinski definition) is 2. The number of nitrogens with one attached hydrogen (secondary N) is 2. The van der Waals surface area contributed by atoms with Crippen molar-refractivity contribution in [2.24, 2.45) is 5.10 Å². The van der Waals surface area contributed by atoms with E-state index in [9.17, 15) is 9.59 Å². The molecule has 1 aromatic carbocycles. The third kappa shape index (κ3) is 10.9. The summed E-state index contributed by atoms with van der Waals surface area (Å²) in [4.78, 5) is 22.6. The van der Waals surface area contributed by atoms with Gasteiger partial charge in [0.25, 0.3) is 0 Å². The molecule has 0 aliphatic rings. The number of anilines is 1. The molecule has 0 saturated heterocycles. The Balaban J connectivity index is 2.13. The van der Waals surface area contributed by atoms with Gasteiger partial charge in [0.05, 0.1) is 6.21 Å². The molecule has 0 fully saturated rings. The predicted molar refractivity (Wildman–Crippen MR) is 104 cm³/mol. The Morgan fingerprint density at radius 2 is 1.68 bits per heavy atom. The molecule has 0 saturated carbocycles. The zero-order valence-corrected chi connectivity index (χ0v) is 15.1. The van der Waals surface area contributed by atoms with Crippen molar-refractivity contribution in [1.82, 2.24) is 5.43 Å². The van der Waals surface area contributed by atoms with Crippen molar-refractivity contribution < 1.29 is 9.59 Å². The summed E-state index contributed by atoms with van der Waals surface area (Å²) < 4.78 is 0. The number of carbonyl (C=O) groups excluding carboxylic acids is 2. The van der Waals surface area contributed by atoms with E-state index in [4.69, 9.17) is 0 Å². The number of hydrogen-bond acceptors (Lipinski definition) is 3. The number of unbranched alkanes of at least 4 members (excludes halogenated alkanes) is 6. The van der Waals surface area contributed by atoms with Gasteiger partial charge in [0.2, 0.25) is 11.8 Å². The quantitative estimate of drug-likeness (QED) is 0.255. The van der Waals surface area contributed by atoms with Crippen LogP contribution in [0.1, 0.15) is 63.9 Å². The average Bonchev–Trinajstić information content (AvgIpc) is 2.58. The van der Waals surface area contributed by atoms with Crippen LogP contribution >= 0.6 is 0 Å². The monoisotopic (exact) mass is 343 g/mol. The highest BCUT2D eigenvalue weighted by Gasteiger charge is 1.99. The smallest absolute Gasteiger partial charge is 0.240 e. The van der Waals surface area contributed by atoms with E-state index in [0.717, 1.165) is 30.5 Å². The van der Waals surface area contributed by atoms with Gasteiger partial charge in [-0.05, 0) is 37.0 Å². The Bertz CT molecular complexity index is 565. The number of hydrazone groups is 1. The molecule has 1 rings (SSSR count). The van der Waals surface area contributed by atoms with Crippen molar-refractivity contribution in [3.05, 3.63) is 42.5 Å². The number of carbonyl (C=O) groups is 2. The van der Waals surface area contributed by atoms with Crippen LogP contribution in [0.2, 0.25) is 0 Å². The van der Waals surface area contributed by atoms with E-state index >= 15 is 0 Å². The molecule has 0 heterocycles. The van der Waals surface area contributed by atoms with Crippen molar-refractivity contribution in [2.45, 2.75) is 58.3 Å². The highest BCUT2D eigenvalue weighted by atomic mass is 16.2. The molecular formula is C20H29N3O2. The number of nitrogens with zero attached hydrogens (tertiary/aromatic N) is 1. The summed E-state index contributed by atoms with van der Waals surface area (Å²) in [5.74, 6) is -0.164. The van der Waals surface area contributed by atoms with Crippen molar-refractivity contribution >= 4 is 23.7 Å². The van der Waals surface area contributed by atoms with Crippen LogP contribution in [0.15, 0.2) is 42.0 Å². The van der Waals surface area contributed by atoms with Crippen molar-refractivity contribution in [3.63, 3.8) is 0 Å². The SMILES string of the molecule is C=CCCCCCCCCC(=O)N/N=C/c1ccc(NC(C)=O)cc1. The van der Waals surface area contributed by atoms with Crippen molar-refractivity contribution in [3.8, 4) is 0 Å². The van der Waals surface area contributed by atoms with Gasteiger partial charge in [-0.25, -0.2) is 5.43 Å². The first-order chi connectivity index (χ1) is 12.1. The summed E-state index contributed by atoms with van der Waals surface area (Å²) in [7, 11) is 0. The molecule has 2 N–H and O–H groups in total. The maximum absolute atomic E-state index is 11.7. The summed E-state index contributed by atoms with van der Waals surface area (Å²) in [5, 5.41) is 6.66. The third-order valence-corrected chi connectivity index (χ3v) is 3.70. The van der Waals surface area contributed by atoms with E-state index in [0.29, 0.717) is 6.42 Å². The maximum atomic E-state index is 11.7. The molecule has 0 spiro atoms. The fourth-order valence-electron chi connectivity index (χ4n) is 2.37. The molecule has 0 radical (unpaired) electrons. The molecule has 25 heavy (non-hydrogen) atoms. The van der Waals surface area contributed by atoms with Crippen LogP contribution in [0.3, 0.4) is 0 Å². The summed E-state index contributed by atoms with van der Waals surface area (Å²) in [6.07, 6.45) is 12.0. The zero-order chi connectivity index (χ0) is 18.3. The first-order valence-corrected chi connectivity index (χ1v) is 8.92. The average molecular weight is 343 g/mol. The van der Waals surface area contributed by atoms with Crippen LogP contribution in [-0.2, 0) is 9.59 Å². The van der Waals surface area contributed by atoms with E-state index in [-0.39, 0.29) is 11.8 Å². The Kier molecular flexibility index (Phi) is 10.7. The van der Waals surface area contributed by atoms with Gasteiger partial charge in [0.15, 0.2) is 0 Å². The Morgan fingerprint density at radius 3 is 2.32 bits per heavy atom. The van der Waals surface area contributed by atoms with Crippen LogP contribution < -0.4 is 10.7 Å². The standard InChI is InChI=1S/C20H29N3O2/c1-3-4-5-6-7-8-9-10-11-20(25)23-21-16-18-12-14-19(15-13-18)22-17(2)24/h3,12-16H,1,4-11H2,2H3,(H,22,24)(H,23,25)/b21-16+. The normalized spacial score (nSPS) is 10.6. The highest BCUT2D eigenvalue weighted by Crippen LogP contribution is 2.09. The molecule has 0 aliphatic carbocycles. The first kappa shape index (κ1) is 20.6. The molecule has 0 atom stereocenters. The molecule has 5 heteroatoms. The van der Waals surface area contributed by atoms with Gasteiger partial charge in [-0.2, -0.15) is 5.10 Å². The van der Waals surface area contributed by atoms with Gasteiger partial charge in [0, 0.05) is 19.0 Å². The van der Waals surface area contributed by atoms with Gasteiger partial charge in [-0.3, -0.25) is 9.59 Å². The molecular weight excluding hydrogens is 314 g/mol. The third-order valence-electron chi connectivity index (χ3n) is 3.70. The predicted octanol–water partition coefficient (Wildman–Crippen LogP) is 4.40. The lowest BCUT2D eigenvalue weighted by atomic mass is 10.1. The van der Waals surface area contributed by atoms with Crippen molar-refractivity contribution in [1.29, 1.82) is 0 Å². The van der Waals surface area contributed by atoms with Gasteiger partial charge < -0.3 is 5.32 Å². The Morgan fingerprint density at radius 1 is 1.04 bits per heavy atom. The van der Waals surface area contributed by atoms with Crippen LogP contribution in [-0.4, -0.2) is 18.0 Å². The fourth-order valence-corrected chi connectivity index (χ4v) is 2.37. The van der Waals surface area contributed by atoms with E-state index in [1.807, 2.05) is 18.2 Å². The highest BCUT2D eigenvalue weighted by molar-refractivity contribution is 5.89. The van der Waals surface area contributed by atoms with Gasteiger partial charge >= 0.3 is 0 Å². The van der Waals surface area contributed by atoms with Crippen LogP contribution in [0.5, 0.6) is 0 Å². The van der Waals surface area contributed by atoms with Gasteiger partial charge in [0.1, 0.15) is 0 Å². The molecule has 0 unspecified atom stereocenters. The Hall–Kier alpha value is -2.43. The molecule has 136 valence electrons. The largest absolute Gasteiger partial charge is 0.326 e. The maximum Gasteiger partial charge on any atom is 0.240 e. The Labute approximate surface area is 150 Å². The lowest BCUT2D eigenvalue weighted by Gasteiger charge is -2.02. The number of rotatable bonds is 12. The fraction of sp³-hybridized carbons (Fsp3) is 0.450. The minimum Gasteiger partial charge on any atom is -0.326 e. The van der Waals surface area contributed by atoms with Crippen LogP contribution in [0.4, 0.5) is 5.69 Å². The number of allylic oxidation sites excluding steroid dienone is 1. The summed E-state index contributed by atoms with van der Waals surface area (Å²) in [5.41, 5.74) is 4.14. The summed E-state index contributed by atoms with van der Waals surface area (Å²) in [6, 6.07) is 7.24. The second-order valence-electron chi connectivity index (χ2n) is 6.05. The minimum absolute atomic E-state index is 0.0576. The lowest BCUT2D eigenvalue weighted by Crippen LogP contribution is -2.16. The van der Waals surface area contributed by atoms with E-state index in [2.05, 4.69) is 22.4 Å². The molecule has 0 aliphatic heterocycles. The first-order valence-electron chi connectivity index (χ1n) is 8.92. The molecule has 0 aromatic heterocycles. The van der Waals surface area contributed by atoms with E-state index < -0.39 is 0 Å². The van der Waals surface area contributed by atoms with E-state index in [1.165, 1.54) is 32.6 Å². The molecule has 1 aromatic rings. The zero-order valence-electron chi connectivity index (χ0n) is 15.1. The number of amides is 2. The topological polar surface area (TPSA) is 70.6 Å². The van der Waals surface area contributed by atoms with Gasteiger partial charge in [-0.1, -0.05) is 43.9 Å². The van der Waals surface area contributed by atoms with E-state index in [1.54, 1.807) is 18.3 Å². The second kappa shape index (κ2) is 12.9. The summed E-state index contributed by atoms with van der Waals surface area (Å²) in [6.45, 7) is 5.18. The van der Waals surface area contributed by atoms with Crippen LogP contribution in [0.25, 0.3) is 0 Å². The minimum atomic E-state index is -0.106. The molecule has 2 amide bonds. The summed E-state index contributed by atoms with van der Waals surface area (Å²) >= 11 is 0. The second-order valence-corrected chi connectivity index (χ2v) is 6.05. The number of benzene rings is 1. The molecule has 0 bridgehead atoms.